The maximum atomic E-state index is 11.4. The number of piperidine rings is 1. The van der Waals surface area contributed by atoms with Gasteiger partial charge in [-0.1, -0.05) is 0 Å². The van der Waals surface area contributed by atoms with E-state index in [1.807, 2.05) is 11.9 Å². The number of amides is 1. The summed E-state index contributed by atoms with van der Waals surface area (Å²) in [4.78, 5) is 13.3. The Labute approximate surface area is 67.6 Å². The first kappa shape index (κ1) is 7.14. The van der Waals surface area contributed by atoms with E-state index in [9.17, 15) is 4.79 Å². The molecule has 2 rings (SSSR count). The molecule has 1 spiro atoms. The zero-order chi connectivity index (χ0) is 8.06. The van der Waals surface area contributed by atoms with Gasteiger partial charge in [-0.25, -0.2) is 0 Å². The fraction of sp³-hybridized carbons (Fsp3) is 0.889. The molecule has 2 heteroatoms. The van der Waals surface area contributed by atoms with Gasteiger partial charge >= 0.3 is 0 Å². The first-order chi connectivity index (χ1) is 5.13. The summed E-state index contributed by atoms with van der Waals surface area (Å²) >= 11 is 0. The van der Waals surface area contributed by atoms with Crippen LogP contribution in [0.25, 0.3) is 0 Å². The molecule has 0 radical (unpaired) electrons. The van der Waals surface area contributed by atoms with Crippen LogP contribution in [0.4, 0.5) is 0 Å². The molecular weight excluding hydrogens is 138 g/mol. The minimum absolute atomic E-state index is 0.348. The lowest BCUT2D eigenvalue weighted by Crippen LogP contribution is -2.42. The Morgan fingerprint density at radius 3 is 2.64 bits per heavy atom. The molecule has 1 aliphatic carbocycles. The monoisotopic (exact) mass is 153 g/mol. The average molecular weight is 153 g/mol. The van der Waals surface area contributed by atoms with E-state index in [0.717, 1.165) is 6.42 Å². The number of hydrogen-bond acceptors (Lipinski definition) is 1. The van der Waals surface area contributed by atoms with Crippen molar-refractivity contribution >= 4 is 5.91 Å². The summed E-state index contributed by atoms with van der Waals surface area (Å²) < 4.78 is 0. The number of nitrogens with zero attached hydrogens (tertiary/aromatic N) is 1. The van der Waals surface area contributed by atoms with Gasteiger partial charge in [0.2, 0.25) is 5.91 Å². The Hall–Kier alpha value is -0.530. The number of rotatable bonds is 0. The highest BCUT2D eigenvalue weighted by Gasteiger charge is 2.49. The molecule has 11 heavy (non-hydrogen) atoms. The van der Waals surface area contributed by atoms with Crippen molar-refractivity contribution in [3.63, 3.8) is 0 Å². The quantitative estimate of drug-likeness (QED) is 0.515. The van der Waals surface area contributed by atoms with Crippen LogP contribution in [0, 0.1) is 5.41 Å². The molecule has 2 nitrogen and oxygen atoms in total. The van der Waals surface area contributed by atoms with Gasteiger partial charge in [-0.15, -0.1) is 0 Å². The normalized spacial score (nSPS) is 34.5. The molecule has 2 fully saturated rings. The third kappa shape index (κ3) is 1.05. The average Bonchev–Trinajstić information content (AvgIpc) is 2.65. The minimum Gasteiger partial charge on any atom is -0.343 e. The summed E-state index contributed by atoms with van der Waals surface area (Å²) in [7, 11) is 1.92. The zero-order valence-electron chi connectivity index (χ0n) is 7.26. The molecule has 1 atom stereocenters. The summed E-state index contributed by atoms with van der Waals surface area (Å²) in [5.74, 6) is 0.348. The highest BCUT2D eigenvalue weighted by atomic mass is 16.2. The van der Waals surface area contributed by atoms with Gasteiger partial charge in [-0.2, -0.15) is 0 Å². The van der Waals surface area contributed by atoms with Crippen molar-refractivity contribution in [1.82, 2.24) is 4.90 Å². The SMILES string of the molecule is CC1CC2(CC2)CC(=O)N1C. The van der Waals surface area contributed by atoms with Gasteiger partial charge in [0, 0.05) is 19.5 Å². The van der Waals surface area contributed by atoms with E-state index >= 15 is 0 Å². The van der Waals surface area contributed by atoms with Crippen molar-refractivity contribution in [2.75, 3.05) is 7.05 Å². The summed E-state index contributed by atoms with van der Waals surface area (Å²) in [6, 6.07) is 0.471. The van der Waals surface area contributed by atoms with Gasteiger partial charge in [-0.05, 0) is 31.6 Å². The summed E-state index contributed by atoms with van der Waals surface area (Å²) in [5, 5.41) is 0. The lowest BCUT2D eigenvalue weighted by Gasteiger charge is -2.34. The predicted octanol–water partition coefficient (Wildman–Crippen LogP) is 1.41. The van der Waals surface area contributed by atoms with Gasteiger partial charge in [0.25, 0.3) is 0 Å². The number of likely N-dealkylation sites (tertiary alicyclic amines) is 1. The highest BCUT2D eigenvalue weighted by molar-refractivity contribution is 5.78. The first-order valence-corrected chi connectivity index (χ1v) is 4.39. The van der Waals surface area contributed by atoms with Crippen LogP contribution in [0.15, 0.2) is 0 Å². The molecule has 1 unspecified atom stereocenters. The minimum atomic E-state index is 0.348. The highest BCUT2D eigenvalue weighted by Crippen LogP contribution is 2.55. The lowest BCUT2D eigenvalue weighted by atomic mass is 9.88. The van der Waals surface area contributed by atoms with Crippen LogP contribution >= 0.6 is 0 Å². The van der Waals surface area contributed by atoms with Gasteiger partial charge < -0.3 is 4.90 Å². The molecule has 1 aliphatic heterocycles. The molecule has 1 heterocycles. The Kier molecular flexibility index (Phi) is 1.29. The van der Waals surface area contributed by atoms with Crippen molar-refractivity contribution in [2.24, 2.45) is 5.41 Å². The second kappa shape index (κ2) is 1.99. The van der Waals surface area contributed by atoms with Crippen LogP contribution in [0.2, 0.25) is 0 Å². The molecule has 2 aliphatic rings. The van der Waals surface area contributed by atoms with Crippen LogP contribution in [-0.2, 0) is 4.79 Å². The number of carbonyl (C=O) groups is 1. The van der Waals surface area contributed by atoms with E-state index in [-0.39, 0.29) is 0 Å². The lowest BCUT2D eigenvalue weighted by molar-refractivity contribution is -0.136. The second-order valence-electron chi connectivity index (χ2n) is 4.23. The molecule has 0 aromatic rings. The summed E-state index contributed by atoms with van der Waals surface area (Å²) in [6.45, 7) is 2.15. The second-order valence-corrected chi connectivity index (χ2v) is 4.23. The van der Waals surface area contributed by atoms with Crippen LogP contribution in [-0.4, -0.2) is 23.9 Å². The van der Waals surface area contributed by atoms with Crippen molar-refractivity contribution in [3.05, 3.63) is 0 Å². The van der Waals surface area contributed by atoms with E-state index in [1.54, 1.807) is 0 Å². The van der Waals surface area contributed by atoms with Crippen molar-refractivity contribution < 1.29 is 4.79 Å². The Bertz CT molecular complexity index is 196. The molecular formula is C9H15NO. The third-order valence-electron chi connectivity index (χ3n) is 3.27. The summed E-state index contributed by atoms with van der Waals surface area (Å²) in [6.07, 6.45) is 4.62. The van der Waals surface area contributed by atoms with Crippen LogP contribution < -0.4 is 0 Å². The Morgan fingerprint density at radius 2 is 2.18 bits per heavy atom. The molecule has 0 aromatic carbocycles. The van der Waals surface area contributed by atoms with Gasteiger partial charge in [0.15, 0.2) is 0 Å². The van der Waals surface area contributed by atoms with E-state index in [2.05, 4.69) is 6.92 Å². The molecule has 62 valence electrons. The first-order valence-electron chi connectivity index (χ1n) is 4.39. The fourth-order valence-corrected chi connectivity index (χ4v) is 2.08. The Balaban J connectivity index is 2.11. The van der Waals surface area contributed by atoms with Crippen molar-refractivity contribution in [3.8, 4) is 0 Å². The molecule has 0 aromatic heterocycles. The van der Waals surface area contributed by atoms with Gasteiger partial charge in [0.1, 0.15) is 0 Å². The van der Waals surface area contributed by atoms with E-state index in [0.29, 0.717) is 17.4 Å². The Morgan fingerprint density at radius 1 is 1.55 bits per heavy atom. The fourth-order valence-electron chi connectivity index (χ4n) is 2.08. The van der Waals surface area contributed by atoms with Crippen LogP contribution in [0.3, 0.4) is 0 Å². The maximum absolute atomic E-state index is 11.4. The molecule has 0 bridgehead atoms. The maximum Gasteiger partial charge on any atom is 0.223 e. The molecule has 0 N–H and O–H groups in total. The topological polar surface area (TPSA) is 20.3 Å². The number of carbonyl (C=O) groups excluding carboxylic acids is 1. The van der Waals surface area contributed by atoms with Gasteiger partial charge in [-0.3, -0.25) is 4.79 Å². The van der Waals surface area contributed by atoms with E-state index in [1.165, 1.54) is 19.3 Å². The third-order valence-corrected chi connectivity index (χ3v) is 3.27. The molecule has 1 amide bonds. The van der Waals surface area contributed by atoms with Gasteiger partial charge in [0.05, 0.1) is 0 Å². The van der Waals surface area contributed by atoms with Crippen LogP contribution in [0.5, 0.6) is 0 Å². The van der Waals surface area contributed by atoms with E-state index in [4.69, 9.17) is 0 Å². The number of hydrogen-bond donors (Lipinski definition) is 0. The van der Waals surface area contributed by atoms with E-state index < -0.39 is 0 Å². The molecule has 1 saturated heterocycles. The smallest absolute Gasteiger partial charge is 0.223 e. The van der Waals surface area contributed by atoms with Crippen molar-refractivity contribution in [2.45, 2.75) is 38.6 Å². The van der Waals surface area contributed by atoms with Crippen LogP contribution in [0.1, 0.15) is 32.6 Å². The van der Waals surface area contributed by atoms with Crippen molar-refractivity contribution in [1.29, 1.82) is 0 Å². The largest absolute Gasteiger partial charge is 0.343 e. The summed E-state index contributed by atoms with van der Waals surface area (Å²) in [5.41, 5.74) is 0.461. The zero-order valence-corrected chi connectivity index (χ0v) is 7.26. The standard InChI is InChI=1S/C9H15NO/c1-7-5-9(3-4-9)6-8(11)10(7)2/h7H,3-6H2,1-2H3. The molecule has 1 saturated carbocycles. The predicted molar refractivity (Wildman–Crippen MR) is 43.1 cm³/mol.